The molecule has 0 spiro atoms. The Morgan fingerprint density at radius 3 is 2.48 bits per heavy atom. The van der Waals surface area contributed by atoms with Gasteiger partial charge in [-0.1, -0.05) is 12.1 Å². The van der Waals surface area contributed by atoms with Crippen molar-refractivity contribution in [1.29, 1.82) is 0 Å². The number of amides is 1. The van der Waals surface area contributed by atoms with Crippen molar-refractivity contribution in [2.45, 2.75) is 32.5 Å². The first kappa shape index (κ1) is 22.2. The predicted molar refractivity (Wildman–Crippen MR) is 109 cm³/mol. The molecule has 0 saturated carbocycles. The largest absolute Gasteiger partial charge is 0.435 e. The third-order valence-electron chi connectivity index (χ3n) is 5.00. The number of halogens is 2. The molecule has 2 aromatic heterocycles. The Hall–Kier alpha value is -3.50. The van der Waals surface area contributed by atoms with Crippen LogP contribution in [0, 0.1) is 0 Å². The quantitative estimate of drug-likeness (QED) is 0.535. The molecule has 0 fully saturated rings. The number of alkyl halides is 2. The number of hydrogen-bond donors (Lipinski definition) is 0. The Morgan fingerprint density at radius 2 is 1.84 bits per heavy atom. The molecule has 1 amide bonds. The summed E-state index contributed by atoms with van der Waals surface area (Å²) in [4.78, 5) is 42.6. The Kier molecular flexibility index (Phi) is 6.52. The van der Waals surface area contributed by atoms with Gasteiger partial charge in [-0.25, -0.2) is 9.78 Å². The van der Waals surface area contributed by atoms with Gasteiger partial charge in [0, 0.05) is 40.7 Å². The zero-order valence-electron chi connectivity index (χ0n) is 17.4. The van der Waals surface area contributed by atoms with Gasteiger partial charge in [0.1, 0.15) is 5.75 Å². The summed E-state index contributed by atoms with van der Waals surface area (Å²) in [5.74, 6) is -0.0402. The minimum absolute atomic E-state index is 0.0592. The molecular weight excluding hydrogens is 412 g/mol. The van der Waals surface area contributed by atoms with E-state index in [1.807, 2.05) is 0 Å². The number of rotatable bonds is 8. The third kappa shape index (κ3) is 4.81. The monoisotopic (exact) mass is 435 g/mol. The first-order chi connectivity index (χ1) is 14.7. The molecule has 9 nitrogen and oxygen atoms in total. The highest BCUT2D eigenvalue weighted by molar-refractivity contribution is 5.76. The van der Waals surface area contributed by atoms with Crippen LogP contribution in [-0.4, -0.2) is 43.2 Å². The highest BCUT2D eigenvalue weighted by atomic mass is 19.3. The molecule has 0 N–H and O–H groups in total. The fourth-order valence-corrected chi connectivity index (χ4v) is 3.30. The molecule has 0 aliphatic heterocycles. The molecule has 0 aliphatic carbocycles. The molecule has 31 heavy (non-hydrogen) atoms. The smallest absolute Gasteiger partial charge is 0.387 e. The van der Waals surface area contributed by atoms with E-state index in [9.17, 15) is 23.2 Å². The molecular formula is C20H23F2N5O4. The number of ether oxygens (including phenoxy) is 1. The van der Waals surface area contributed by atoms with Gasteiger partial charge in [-0.05, 0) is 24.1 Å². The third-order valence-corrected chi connectivity index (χ3v) is 5.00. The van der Waals surface area contributed by atoms with Gasteiger partial charge in [-0.2, -0.15) is 8.78 Å². The van der Waals surface area contributed by atoms with Crippen LogP contribution in [0.4, 0.5) is 8.78 Å². The Balaban J connectivity index is 1.59. The predicted octanol–water partition coefficient (Wildman–Crippen LogP) is 1.47. The number of hydrogen-bond acceptors (Lipinski definition) is 5. The van der Waals surface area contributed by atoms with Gasteiger partial charge in [-0.15, -0.1) is 0 Å². The summed E-state index contributed by atoms with van der Waals surface area (Å²) in [5.41, 5.74) is 0.515. The first-order valence-corrected chi connectivity index (χ1v) is 9.57. The van der Waals surface area contributed by atoms with E-state index in [0.717, 1.165) is 10.1 Å². The van der Waals surface area contributed by atoms with Gasteiger partial charge in [0.2, 0.25) is 5.91 Å². The van der Waals surface area contributed by atoms with Crippen LogP contribution in [0.25, 0.3) is 11.2 Å². The van der Waals surface area contributed by atoms with Crippen LogP contribution >= 0.6 is 0 Å². The van der Waals surface area contributed by atoms with E-state index in [1.165, 1.54) is 35.0 Å². The van der Waals surface area contributed by atoms with Crippen molar-refractivity contribution in [3.63, 3.8) is 0 Å². The van der Waals surface area contributed by atoms with Gasteiger partial charge in [0.25, 0.3) is 5.56 Å². The standard InChI is InChI=1S/C20H23F2N5O4/c1-24(11-13-6-8-14(9-7-13)31-19(21)22)15(28)5-4-10-27-12-23-17-16(27)18(29)26(3)20(30)25(17)2/h6-9,12,19H,4-5,10-11H2,1-3H3. The van der Waals surface area contributed by atoms with E-state index >= 15 is 0 Å². The van der Waals surface area contributed by atoms with Gasteiger partial charge in [0.05, 0.1) is 6.33 Å². The van der Waals surface area contributed by atoms with Crippen LogP contribution < -0.4 is 16.0 Å². The fourth-order valence-electron chi connectivity index (χ4n) is 3.30. The number of nitrogens with zero attached hydrogens (tertiary/aromatic N) is 5. The number of carbonyl (C=O) groups is 1. The molecule has 1 aromatic carbocycles. The summed E-state index contributed by atoms with van der Waals surface area (Å²) in [7, 11) is 4.61. The summed E-state index contributed by atoms with van der Waals surface area (Å²) < 4.78 is 32.7. The number of fused-ring (bicyclic) bond motifs is 1. The molecule has 11 heteroatoms. The van der Waals surface area contributed by atoms with E-state index in [1.54, 1.807) is 30.8 Å². The van der Waals surface area contributed by atoms with Crippen molar-refractivity contribution in [1.82, 2.24) is 23.6 Å². The molecule has 0 radical (unpaired) electrons. The number of imidazole rings is 1. The molecule has 0 aliphatic rings. The summed E-state index contributed by atoms with van der Waals surface area (Å²) >= 11 is 0. The van der Waals surface area contributed by atoms with Gasteiger partial charge in [0.15, 0.2) is 11.2 Å². The van der Waals surface area contributed by atoms with Crippen molar-refractivity contribution < 1.29 is 18.3 Å². The molecule has 0 bridgehead atoms. The normalized spacial score (nSPS) is 11.3. The van der Waals surface area contributed by atoms with Crippen LogP contribution in [0.1, 0.15) is 18.4 Å². The lowest BCUT2D eigenvalue weighted by Gasteiger charge is -2.17. The van der Waals surface area contributed by atoms with E-state index in [4.69, 9.17) is 0 Å². The molecule has 0 unspecified atom stereocenters. The zero-order valence-corrected chi connectivity index (χ0v) is 17.4. The summed E-state index contributed by atoms with van der Waals surface area (Å²) in [6, 6.07) is 6.11. The van der Waals surface area contributed by atoms with E-state index in [0.29, 0.717) is 30.7 Å². The second-order valence-electron chi connectivity index (χ2n) is 7.19. The second-order valence-corrected chi connectivity index (χ2v) is 7.19. The fraction of sp³-hybridized carbons (Fsp3) is 0.400. The van der Waals surface area contributed by atoms with E-state index < -0.39 is 17.9 Å². The molecule has 2 heterocycles. The lowest BCUT2D eigenvalue weighted by Crippen LogP contribution is -2.37. The lowest BCUT2D eigenvalue weighted by molar-refractivity contribution is -0.130. The SMILES string of the molecule is CN(Cc1ccc(OC(F)F)cc1)C(=O)CCCn1cnc2c1c(=O)n(C)c(=O)n2C. The van der Waals surface area contributed by atoms with Gasteiger partial charge < -0.3 is 14.2 Å². The average Bonchev–Trinajstić information content (AvgIpc) is 3.15. The molecule has 0 atom stereocenters. The number of aryl methyl sites for hydroxylation is 2. The molecule has 3 aromatic rings. The highest BCUT2D eigenvalue weighted by Gasteiger charge is 2.15. The Morgan fingerprint density at radius 1 is 1.16 bits per heavy atom. The summed E-state index contributed by atoms with van der Waals surface area (Å²) in [5, 5.41) is 0. The van der Waals surface area contributed by atoms with E-state index in [-0.39, 0.29) is 18.1 Å². The summed E-state index contributed by atoms with van der Waals surface area (Å²) in [6.07, 6.45) is 2.21. The van der Waals surface area contributed by atoms with Crippen molar-refractivity contribution in [3.05, 3.63) is 57.0 Å². The number of carbonyl (C=O) groups excluding carboxylic acids is 1. The maximum atomic E-state index is 12.4. The number of benzene rings is 1. The Labute approximate surface area is 176 Å². The molecule has 3 rings (SSSR count). The van der Waals surface area contributed by atoms with Gasteiger partial charge in [-0.3, -0.25) is 18.7 Å². The minimum atomic E-state index is -2.88. The minimum Gasteiger partial charge on any atom is -0.435 e. The van der Waals surface area contributed by atoms with Crippen LogP contribution in [0.3, 0.4) is 0 Å². The first-order valence-electron chi connectivity index (χ1n) is 9.57. The van der Waals surface area contributed by atoms with Crippen molar-refractivity contribution in [2.24, 2.45) is 14.1 Å². The topological polar surface area (TPSA) is 91.4 Å². The molecule has 166 valence electrons. The maximum Gasteiger partial charge on any atom is 0.387 e. The van der Waals surface area contributed by atoms with Crippen molar-refractivity contribution in [2.75, 3.05) is 7.05 Å². The van der Waals surface area contributed by atoms with Gasteiger partial charge >= 0.3 is 12.3 Å². The van der Waals surface area contributed by atoms with E-state index in [2.05, 4.69) is 9.72 Å². The van der Waals surface area contributed by atoms with Crippen molar-refractivity contribution >= 4 is 17.1 Å². The summed E-state index contributed by atoms with van der Waals surface area (Å²) in [6.45, 7) is -2.17. The van der Waals surface area contributed by atoms with Crippen molar-refractivity contribution in [3.8, 4) is 5.75 Å². The van der Waals surface area contributed by atoms with Crippen LogP contribution in [0.5, 0.6) is 5.75 Å². The molecule has 0 saturated heterocycles. The zero-order chi connectivity index (χ0) is 22.7. The Bertz CT molecular complexity index is 1200. The lowest BCUT2D eigenvalue weighted by atomic mass is 10.2. The second kappa shape index (κ2) is 9.11. The van der Waals surface area contributed by atoms with Crippen LogP contribution in [-0.2, 0) is 32.0 Å². The van der Waals surface area contributed by atoms with Crippen LogP contribution in [0.2, 0.25) is 0 Å². The number of aromatic nitrogens is 4. The maximum absolute atomic E-state index is 12.4. The highest BCUT2D eigenvalue weighted by Crippen LogP contribution is 2.16. The average molecular weight is 435 g/mol. The van der Waals surface area contributed by atoms with Crippen LogP contribution in [0.15, 0.2) is 40.2 Å².